The minimum atomic E-state index is -0.166. The van der Waals surface area contributed by atoms with Crippen molar-refractivity contribution in [3.8, 4) is 0 Å². The summed E-state index contributed by atoms with van der Waals surface area (Å²) in [7, 11) is 3.67. The molecule has 0 aromatic carbocycles. The van der Waals surface area contributed by atoms with E-state index in [1.165, 1.54) is 6.07 Å². The van der Waals surface area contributed by atoms with Crippen molar-refractivity contribution in [1.82, 2.24) is 24.8 Å². The van der Waals surface area contributed by atoms with Gasteiger partial charge in [0.05, 0.1) is 11.9 Å². The maximum Gasteiger partial charge on any atom is 0.271 e. The molecule has 0 radical (unpaired) electrons. The molecule has 1 unspecified atom stereocenters. The van der Waals surface area contributed by atoms with Crippen LogP contribution in [0.15, 0.2) is 17.1 Å². The zero-order valence-corrected chi connectivity index (χ0v) is 14.5. The van der Waals surface area contributed by atoms with Gasteiger partial charge in [-0.15, -0.1) is 0 Å². The number of H-pyrrole nitrogens is 2. The van der Waals surface area contributed by atoms with Crippen LogP contribution in [0.1, 0.15) is 53.1 Å². The molecule has 25 heavy (non-hydrogen) atoms. The third-order valence-electron chi connectivity index (χ3n) is 4.86. The van der Waals surface area contributed by atoms with Gasteiger partial charge in [0, 0.05) is 45.1 Å². The molecule has 0 spiro atoms. The fourth-order valence-corrected chi connectivity index (χ4v) is 3.25. The van der Waals surface area contributed by atoms with E-state index >= 15 is 0 Å². The Hall–Kier alpha value is -2.64. The lowest BCUT2D eigenvalue weighted by atomic mass is 10.1. The van der Waals surface area contributed by atoms with E-state index in [2.05, 4.69) is 19.9 Å². The lowest BCUT2D eigenvalue weighted by Crippen LogP contribution is -2.29. The molecule has 132 valence electrons. The molecule has 8 nitrogen and oxygen atoms in total. The highest BCUT2D eigenvalue weighted by Gasteiger charge is 2.32. The average Bonchev–Trinajstić information content (AvgIpc) is 3.12. The predicted octanol–water partition coefficient (Wildman–Crippen LogP) is 1.07. The summed E-state index contributed by atoms with van der Waals surface area (Å²) in [5, 5.41) is 0. The van der Waals surface area contributed by atoms with Crippen molar-refractivity contribution in [1.29, 1.82) is 0 Å². The standard InChI is InChI=1S/C17H22N6O2/c1-22(2)17-20-12(7-14(24)21-17)11-5-6-23(9-11)16(25)13-8-18-15(19-13)10-3-4-10/h7-8,10-11H,3-6,9H2,1-2H3,(H,18,19)(H,20,21,24). The minimum Gasteiger partial charge on any atom is -0.348 e. The topological polar surface area (TPSA) is 98.0 Å². The Labute approximate surface area is 145 Å². The van der Waals surface area contributed by atoms with Crippen molar-refractivity contribution < 1.29 is 4.79 Å². The van der Waals surface area contributed by atoms with Gasteiger partial charge in [-0.1, -0.05) is 0 Å². The van der Waals surface area contributed by atoms with Crippen LogP contribution in [-0.2, 0) is 0 Å². The van der Waals surface area contributed by atoms with Crippen molar-refractivity contribution in [3.63, 3.8) is 0 Å². The highest BCUT2D eigenvalue weighted by atomic mass is 16.2. The molecule has 4 rings (SSSR count). The van der Waals surface area contributed by atoms with E-state index in [0.29, 0.717) is 30.6 Å². The lowest BCUT2D eigenvalue weighted by molar-refractivity contribution is 0.0785. The number of likely N-dealkylation sites (tertiary alicyclic amines) is 1. The second-order valence-electron chi connectivity index (χ2n) is 7.08. The molecular formula is C17H22N6O2. The summed E-state index contributed by atoms with van der Waals surface area (Å²) in [5.41, 5.74) is 1.13. The monoisotopic (exact) mass is 342 g/mol. The second kappa shape index (κ2) is 6.02. The maximum absolute atomic E-state index is 12.7. The van der Waals surface area contributed by atoms with Crippen LogP contribution < -0.4 is 10.5 Å². The molecule has 1 aliphatic carbocycles. The van der Waals surface area contributed by atoms with Gasteiger partial charge in [0.1, 0.15) is 11.5 Å². The molecule has 2 aromatic rings. The highest BCUT2D eigenvalue weighted by Crippen LogP contribution is 2.38. The van der Waals surface area contributed by atoms with Crippen LogP contribution in [0, 0.1) is 0 Å². The van der Waals surface area contributed by atoms with Crippen molar-refractivity contribution >= 4 is 11.9 Å². The van der Waals surface area contributed by atoms with Crippen molar-refractivity contribution in [2.75, 3.05) is 32.1 Å². The fourth-order valence-electron chi connectivity index (χ4n) is 3.25. The van der Waals surface area contributed by atoms with Crippen LogP contribution in [0.25, 0.3) is 0 Å². The molecule has 8 heteroatoms. The van der Waals surface area contributed by atoms with Crippen LogP contribution in [0.2, 0.25) is 0 Å². The Bertz CT molecular complexity index is 851. The number of carbonyl (C=O) groups excluding carboxylic acids is 1. The van der Waals surface area contributed by atoms with Crippen molar-refractivity contribution in [2.45, 2.75) is 31.1 Å². The number of hydrogen-bond acceptors (Lipinski definition) is 5. The van der Waals surface area contributed by atoms with Crippen LogP contribution >= 0.6 is 0 Å². The Balaban J connectivity index is 1.49. The number of anilines is 1. The normalized spacial score (nSPS) is 20.1. The summed E-state index contributed by atoms with van der Waals surface area (Å²) < 4.78 is 0. The van der Waals surface area contributed by atoms with Gasteiger partial charge in [-0.25, -0.2) is 9.97 Å². The maximum atomic E-state index is 12.7. The van der Waals surface area contributed by atoms with Gasteiger partial charge in [0.15, 0.2) is 0 Å². The molecule has 1 atom stereocenters. The number of rotatable bonds is 4. The summed E-state index contributed by atoms with van der Waals surface area (Å²) in [6, 6.07) is 1.53. The molecule has 1 saturated heterocycles. The highest BCUT2D eigenvalue weighted by molar-refractivity contribution is 5.92. The Morgan fingerprint density at radius 1 is 1.24 bits per heavy atom. The molecule has 1 amide bonds. The van der Waals surface area contributed by atoms with Gasteiger partial charge in [0.25, 0.3) is 11.5 Å². The fraction of sp³-hybridized carbons (Fsp3) is 0.529. The molecule has 1 aliphatic heterocycles. The predicted molar refractivity (Wildman–Crippen MR) is 93.0 cm³/mol. The lowest BCUT2D eigenvalue weighted by Gasteiger charge is -2.16. The van der Waals surface area contributed by atoms with E-state index in [0.717, 1.165) is 30.8 Å². The number of carbonyl (C=O) groups is 1. The van der Waals surface area contributed by atoms with E-state index in [9.17, 15) is 9.59 Å². The van der Waals surface area contributed by atoms with E-state index in [4.69, 9.17) is 0 Å². The first-order valence-electron chi connectivity index (χ1n) is 8.64. The summed E-state index contributed by atoms with van der Waals surface area (Å²) in [5.74, 6) is 2.01. The van der Waals surface area contributed by atoms with Gasteiger partial charge in [-0.2, -0.15) is 0 Å². The van der Waals surface area contributed by atoms with Crippen LogP contribution in [0.5, 0.6) is 0 Å². The number of aromatic amines is 2. The van der Waals surface area contributed by atoms with E-state index in [1.54, 1.807) is 11.1 Å². The number of nitrogens with zero attached hydrogens (tertiary/aromatic N) is 4. The third-order valence-corrected chi connectivity index (χ3v) is 4.86. The molecule has 2 N–H and O–H groups in total. The van der Waals surface area contributed by atoms with Gasteiger partial charge in [-0.05, 0) is 19.3 Å². The first-order valence-corrected chi connectivity index (χ1v) is 8.64. The van der Waals surface area contributed by atoms with Crippen molar-refractivity contribution in [2.24, 2.45) is 0 Å². The van der Waals surface area contributed by atoms with Gasteiger partial charge >= 0.3 is 0 Å². The number of amides is 1. The third kappa shape index (κ3) is 3.16. The summed E-state index contributed by atoms with van der Waals surface area (Å²) in [6.07, 6.45) is 4.74. The number of imidazole rings is 1. The zero-order chi connectivity index (χ0) is 17.6. The molecule has 2 aliphatic rings. The Kier molecular flexibility index (Phi) is 3.82. The van der Waals surface area contributed by atoms with E-state index in [1.807, 2.05) is 19.0 Å². The number of hydrogen-bond donors (Lipinski definition) is 2. The Morgan fingerprint density at radius 2 is 2.04 bits per heavy atom. The SMILES string of the molecule is CN(C)c1nc(C2CCN(C(=O)c3cnc(C4CC4)[nH]3)C2)cc(=O)[nH]1. The molecule has 3 heterocycles. The van der Waals surface area contributed by atoms with Crippen LogP contribution in [-0.4, -0.2) is 57.9 Å². The first kappa shape index (κ1) is 15.9. The van der Waals surface area contributed by atoms with E-state index in [-0.39, 0.29) is 17.4 Å². The largest absolute Gasteiger partial charge is 0.348 e. The molecule has 1 saturated carbocycles. The smallest absolute Gasteiger partial charge is 0.271 e. The Morgan fingerprint density at radius 3 is 2.76 bits per heavy atom. The van der Waals surface area contributed by atoms with Gasteiger partial charge < -0.3 is 14.8 Å². The van der Waals surface area contributed by atoms with E-state index < -0.39 is 0 Å². The number of nitrogens with one attached hydrogen (secondary N) is 2. The van der Waals surface area contributed by atoms with Crippen LogP contribution in [0.4, 0.5) is 5.95 Å². The zero-order valence-electron chi connectivity index (χ0n) is 14.5. The minimum absolute atomic E-state index is 0.0282. The molecule has 2 aromatic heterocycles. The average molecular weight is 342 g/mol. The van der Waals surface area contributed by atoms with Gasteiger partial charge in [-0.3, -0.25) is 14.6 Å². The summed E-state index contributed by atoms with van der Waals surface area (Å²) in [4.78, 5) is 42.9. The second-order valence-corrected chi connectivity index (χ2v) is 7.08. The number of aromatic nitrogens is 4. The first-order chi connectivity index (χ1) is 12.0. The summed E-state index contributed by atoms with van der Waals surface area (Å²) in [6.45, 7) is 1.23. The molecular weight excluding hydrogens is 320 g/mol. The quantitative estimate of drug-likeness (QED) is 0.866. The van der Waals surface area contributed by atoms with Crippen LogP contribution in [0.3, 0.4) is 0 Å². The molecule has 0 bridgehead atoms. The van der Waals surface area contributed by atoms with Crippen molar-refractivity contribution in [3.05, 3.63) is 39.8 Å². The molecule has 2 fully saturated rings. The van der Waals surface area contributed by atoms with Gasteiger partial charge in [0.2, 0.25) is 5.95 Å². The summed E-state index contributed by atoms with van der Waals surface area (Å²) >= 11 is 0.